The van der Waals surface area contributed by atoms with E-state index in [-0.39, 0.29) is 25.9 Å². The second kappa shape index (κ2) is 9.18. The Balaban J connectivity index is 1.28. The lowest BCUT2D eigenvalue weighted by Gasteiger charge is -2.35. The van der Waals surface area contributed by atoms with Gasteiger partial charge in [0.15, 0.2) is 5.82 Å². The molecule has 4 heterocycles. The van der Waals surface area contributed by atoms with Crippen LogP contribution in [0.5, 0.6) is 0 Å². The fourth-order valence-corrected chi connectivity index (χ4v) is 6.02. The van der Waals surface area contributed by atoms with E-state index in [1.54, 1.807) is 23.0 Å². The Bertz CT molecular complexity index is 1440. The van der Waals surface area contributed by atoms with Crippen LogP contribution in [0.3, 0.4) is 0 Å². The number of piperidine rings is 2. The van der Waals surface area contributed by atoms with Crippen LogP contribution in [0.1, 0.15) is 38.5 Å². The molecule has 202 valence electrons. The molecule has 0 radical (unpaired) electrons. The van der Waals surface area contributed by atoms with Gasteiger partial charge in [-0.1, -0.05) is 11.3 Å². The van der Waals surface area contributed by atoms with E-state index in [9.17, 15) is 17.2 Å². The lowest BCUT2D eigenvalue weighted by molar-refractivity contribution is -0.0221. The molecule has 1 aliphatic carbocycles. The number of aromatic nitrogens is 4. The molecule has 38 heavy (non-hydrogen) atoms. The van der Waals surface area contributed by atoms with E-state index >= 15 is 0 Å². The highest BCUT2D eigenvalue weighted by atomic mass is 32.2. The molecule has 1 saturated carbocycles. The molecule has 2 aliphatic heterocycles. The topological polar surface area (TPSA) is 96.2 Å². The largest absolute Gasteiger partial charge is 0.371 e. The molecule has 3 fully saturated rings. The maximum atomic E-state index is 13.6. The van der Waals surface area contributed by atoms with Gasteiger partial charge in [-0.3, -0.25) is 4.72 Å². The molecule has 0 amide bonds. The maximum absolute atomic E-state index is 13.6. The third kappa shape index (κ3) is 5.31. The van der Waals surface area contributed by atoms with Gasteiger partial charge in [0.05, 0.1) is 18.1 Å². The molecule has 3 aromatic rings. The van der Waals surface area contributed by atoms with Crippen LogP contribution in [-0.2, 0) is 10.0 Å². The number of benzene rings is 1. The summed E-state index contributed by atoms with van der Waals surface area (Å²) in [5.41, 5.74) is 3.42. The number of halogens is 2. The second-order valence-electron chi connectivity index (χ2n) is 10.8. The minimum atomic E-state index is -3.42. The lowest BCUT2D eigenvalue weighted by atomic mass is 9.93. The van der Waals surface area contributed by atoms with E-state index in [0.29, 0.717) is 28.4 Å². The van der Waals surface area contributed by atoms with Crippen LogP contribution in [0.25, 0.3) is 17.1 Å². The highest BCUT2D eigenvalue weighted by Crippen LogP contribution is 2.54. The minimum Gasteiger partial charge on any atom is -0.371 e. The summed E-state index contributed by atoms with van der Waals surface area (Å²) in [6, 6.07) is 10.9. The van der Waals surface area contributed by atoms with Crippen LogP contribution in [0.4, 0.5) is 26.0 Å². The molecule has 1 spiro atoms. The number of rotatable bonds is 6. The monoisotopic (exact) mass is 543 g/mol. The molecule has 0 atom stereocenters. The van der Waals surface area contributed by atoms with Gasteiger partial charge in [0, 0.05) is 50.3 Å². The first-order valence-corrected chi connectivity index (χ1v) is 14.9. The van der Waals surface area contributed by atoms with Crippen LogP contribution in [0, 0.1) is 5.41 Å². The van der Waals surface area contributed by atoms with Crippen LogP contribution in [0.15, 0.2) is 42.6 Å². The summed E-state index contributed by atoms with van der Waals surface area (Å²) >= 11 is 0. The SMILES string of the molecule is CS(=O)(=O)Nc1ccc(-c2cn(-c3cccc(N4CCC(F)(F)CC4)n3)nn2)c(N2CCC3(CC2)CC3)c1. The quantitative estimate of drug-likeness (QED) is 0.495. The molecule has 12 heteroatoms. The minimum absolute atomic E-state index is 0.184. The lowest BCUT2D eigenvalue weighted by Crippen LogP contribution is -2.39. The number of anilines is 3. The van der Waals surface area contributed by atoms with Crippen molar-refractivity contribution in [1.82, 2.24) is 20.0 Å². The summed E-state index contributed by atoms with van der Waals surface area (Å²) in [5.74, 6) is -1.44. The Kier molecular flexibility index (Phi) is 6.04. The number of sulfonamides is 1. The molecule has 0 unspecified atom stereocenters. The van der Waals surface area contributed by atoms with E-state index in [1.165, 1.54) is 12.8 Å². The van der Waals surface area contributed by atoms with Crippen molar-refractivity contribution in [2.45, 2.75) is 44.4 Å². The third-order valence-electron chi connectivity index (χ3n) is 7.97. The molecule has 1 N–H and O–H groups in total. The zero-order valence-electron chi connectivity index (χ0n) is 21.3. The van der Waals surface area contributed by atoms with E-state index in [2.05, 4.69) is 24.9 Å². The van der Waals surface area contributed by atoms with Gasteiger partial charge < -0.3 is 9.80 Å². The molecular formula is C26H31F2N7O2S. The fourth-order valence-electron chi connectivity index (χ4n) is 5.46. The van der Waals surface area contributed by atoms with Gasteiger partial charge in [-0.25, -0.2) is 26.9 Å². The Hall–Kier alpha value is -3.28. The summed E-state index contributed by atoms with van der Waals surface area (Å²) in [5, 5.41) is 8.73. The van der Waals surface area contributed by atoms with Crippen molar-refractivity contribution in [2.75, 3.05) is 47.0 Å². The third-order valence-corrected chi connectivity index (χ3v) is 8.57. The van der Waals surface area contributed by atoms with Crippen LogP contribution in [0.2, 0.25) is 0 Å². The molecular weight excluding hydrogens is 512 g/mol. The van der Waals surface area contributed by atoms with Gasteiger partial charge >= 0.3 is 0 Å². The first-order valence-electron chi connectivity index (χ1n) is 13.0. The zero-order valence-corrected chi connectivity index (χ0v) is 22.1. The number of hydrogen-bond donors (Lipinski definition) is 1. The van der Waals surface area contributed by atoms with E-state index in [4.69, 9.17) is 0 Å². The van der Waals surface area contributed by atoms with Crippen molar-refractivity contribution in [3.63, 3.8) is 0 Å². The Morgan fingerprint density at radius 1 is 0.895 bits per heavy atom. The first kappa shape index (κ1) is 25.0. The Morgan fingerprint density at radius 2 is 1.58 bits per heavy atom. The average molecular weight is 544 g/mol. The van der Waals surface area contributed by atoms with Crippen molar-refractivity contribution in [3.05, 3.63) is 42.6 Å². The van der Waals surface area contributed by atoms with Gasteiger partial charge in [0.2, 0.25) is 10.0 Å². The van der Waals surface area contributed by atoms with Gasteiger partial charge in [0.25, 0.3) is 5.92 Å². The molecule has 1 aromatic carbocycles. The number of hydrogen-bond acceptors (Lipinski definition) is 7. The van der Waals surface area contributed by atoms with Gasteiger partial charge in [-0.15, -0.1) is 5.10 Å². The smallest absolute Gasteiger partial charge is 0.251 e. The van der Waals surface area contributed by atoms with Crippen molar-refractivity contribution in [1.29, 1.82) is 0 Å². The Morgan fingerprint density at radius 3 is 2.26 bits per heavy atom. The van der Waals surface area contributed by atoms with Crippen molar-refractivity contribution < 1.29 is 17.2 Å². The van der Waals surface area contributed by atoms with E-state index in [1.807, 2.05) is 29.2 Å². The summed E-state index contributed by atoms with van der Waals surface area (Å²) in [6.07, 6.45) is 7.41. The van der Waals surface area contributed by atoms with Crippen molar-refractivity contribution >= 4 is 27.2 Å². The van der Waals surface area contributed by atoms with Crippen LogP contribution < -0.4 is 14.5 Å². The summed E-state index contributed by atoms with van der Waals surface area (Å²) < 4.78 is 55.1. The number of nitrogens with one attached hydrogen (secondary N) is 1. The summed E-state index contributed by atoms with van der Waals surface area (Å²) in [7, 11) is -3.42. The van der Waals surface area contributed by atoms with E-state index < -0.39 is 15.9 Å². The summed E-state index contributed by atoms with van der Waals surface area (Å²) in [4.78, 5) is 8.84. The van der Waals surface area contributed by atoms with Gasteiger partial charge in [-0.05, 0) is 61.4 Å². The highest BCUT2D eigenvalue weighted by molar-refractivity contribution is 7.92. The average Bonchev–Trinajstić information content (AvgIpc) is 3.44. The van der Waals surface area contributed by atoms with Gasteiger partial charge in [0.1, 0.15) is 11.5 Å². The number of alkyl halides is 2. The molecule has 3 aliphatic rings. The first-order chi connectivity index (χ1) is 18.1. The highest BCUT2D eigenvalue weighted by Gasteiger charge is 2.44. The summed E-state index contributed by atoms with van der Waals surface area (Å²) in [6.45, 7) is 2.31. The number of pyridine rings is 1. The maximum Gasteiger partial charge on any atom is 0.251 e. The molecule has 2 saturated heterocycles. The molecule has 9 nitrogen and oxygen atoms in total. The zero-order chi connectivity index (χ0) is 26.5. The van der Waals surface area contributed by atoms with Crippen LogP contribution in [-0.4, -0.2) is 66.8 Å². The molecule has 6 rings (SSSR count). The predicted octanol–water partition coefficient (Wildman–Crippen LogP) is 4.32. The Labute approximate surface area is 220 Å². The van der Waals surface area contributed by atoms with Gasteiger partial charge in [-0.2, -0.15) is 0 Å². The normalized spacial score (nSPS) is 20.5. The fraction of sp³-hybridized carbons (Fsp3) is 0.500. The van der Waals surface area contributed by atoms with Crippen molar-refractivity contribution in [3.8, 4) is 17.1 Å². The van der Waals surface area contributed by atoms with E-state index in [0.717, 1.165) is 43.4 Å². The van der Waals surface area contributed by atoms with Crippen LogP contribution >= 0.6 is 0 Å². The number of nitrogens with zero attached hydrogens (tertiary/aromatic N) is 6. The predicted molar refractivity (Wildman–Crippen MR) is 143 cm³/mol. The van der Waals surface area contributed by atoms with Crippen molar-refractivity contribution in [2.24, 2.45) is 5.41 Å². The second-order valence-corrected chi connectivity index (χ2v) is 12.6. The standard InChI is InChI=1S/C26H31F2N7O2S/c1-38(36,37)31-19-5-6-20(22(17-19)33-13-9-25(7-8-25)10-14-33)21-18-35(32-30-21)24-4-2-3-23(29-24)34-15-11-26(27,28)12-16-34/h2-6,17-18,31H,7-16H2,1H3. The molecule has 2 aromatic heterocycles. The molecule has 0 bridgehead atoms.